The molecule has 14 heavy (non-hydrogen) atoms. The van der Waals surface area contributed by atoms with Gasteiger partial charge >= 0.3 is 0 Å². The Morgan fingerprint density at radius 1 is 1.50 bits per heavy atom. The molecule has 0 radical (unpaired) electrons. The number of likely N-dealkylation sites (N-methyl/N-ethyl adjacent to an activating group) is 1. The van der Waals surface area contributed by atoms with Crippen molar-refractivity contribution in [3.05, 3.63) is 0 Å². The highest BCUT2D eigenvalue weighted by atomic mass is 16.5. The van der Waals surface area contributed by atoms with Gasteiger partial charge in [-0.1, -0.05) is 6.92 Å². The third kappa shape index (κ3) is 3.32. The maximum absolute atomic E-state index is 5.84. The zero-order valence-corrected chi connectivity index (χ0v) is 9.47. The van der Waals surface area contributed by atoms with E-state index in [1.54, 1.807) is 0 Å². The average molecular weight is 195 g/mol. The molecule has 0 bridgehead atoms. The first-order valence-corrected chi connectivity index (χ1v) is 5.56. The molecule has 0 spiro atoms. The summed E-state index contributed by atoms with van der Waals surface area (Å²) in [6.45, 7) is 7.16. The van der Waals surface area contributed by atoms with E-state index in [1.165, 1.54) is 12.8 Å². The van der Waals surface area contributed by atoms with Gasteiger partial charge in [0.05, 0.1) is 12.2 Å². The van der Waals surface area contributed by atoms with E-state index in [9.17, 15) is 0 Å². The van der Waals surface area contributed by atoms with Gasteiger partial charge in [0.15, 0.2) is 0 Å². The summed E-state index contributed by atoms with van der Waals surface area (Å²) in [5, 5.41) is 3.45. The molecule has 1 heterocycles. The Morgan fingerprint density at radius 2 is 2.29 bits per heavy atom. The topological polar surface area (TPSA) is 21.3 Å². The Balaban J connectivity index is 2.43. The van der Waals surface area contributed by atoms with E-state index < -0.39 is 0 Å². The van der Waals surface area contributed by atoms with Crippen LogP contribution in [0.3, 0.4) is 0 Å². The second-order valence-electron chi connectivity index (χ2n) is 3.86. The molecule has 0 aromatic heterocycles. The fourth-order valence-electron chi connectivity index (χ4n) is 1.94. The van der Waals surface area contributed by atoms with Gasteiger partial charge in [-0.2, -0.15) is 0 Å². The Kier molecular flexibility index (Phi) is 5.00. The predicted octanol–water partition coefficient (Wildman–Crippen LogP) is 1.95. The van der Waals surface area contributed by atoms with Crippen LogP contribution in [0.4, 0.5) is 0 Å². The minimum Gasteiger partial charge on any atom is -0.374 e. The standard InChI is InChI=1S/C12H21NO/c1-4-6-7-11(13-5-2)12-9-8-10(3)14-12/h10-13H,5,7-9H2,1-3H3. The Morgan fingerprint density at radius 3 is 2.79 bits per heavy atom. The molecule has 3 unspecified atom stereocenters. The minimum absolute atomic E-state index is 0.366. The highest BCUT2D eigenvalue weighted by Crippen LogP contribution is 2.22. The van der Waals surface area contributed by atoms with E-state index in [1.807, 2.05) is 6.92 Å². The van der Waals surface area contributed by atoms with E-state index in [0.717, 1.165) is 13.0 Å². The van der Waals surface area contributed by atoms with Gasteiger partial charge in [0.25, 0.3) is 0 Å². The molecule has 2 heteroatoms. The van der Waals surface area contributed by atoms with Gasteiger partial charge in [-0.25, -0.2) is 0 Å². The lowest BCUT2D eigenvalue weighted by Crippen LogP contribution is -2.39. The van der Waals surface area contributed by atoms with Gasteiger partial charge in [0, 0.05) is 12.5 Å². The molecule has 2 nitrogen and oxygen atoms in total. The van der Waals surface area contributed by atoms with Gasteiger partial charge in [-0.15, -0.1) is 11.8 Å². The van der Waals surface area contributed by atoms with Gasteiger partial charge in [-0.3, -0.25) is 0 Å². The fourth-order valence-corrected chi connectivity index (χ4v) is 1.94. The highest BCUT2D eigenvalue weighted by molar-refractivity contribution is 5.00. The number of nitrogens with one attached hydrogen (secondary N) is 1. The van der Waals surface area contributed by atoms with Crippen molar-refractivity contribution in [3.63, 3.8) is 0 Å². The number of hydrogen-bond donors (Lipinski definition) is 1. The van der Waals surface area contributed by atoms with Crippen LogP contribution in [-0.4, -0.2) is 24.8 Å². The lowest BCUT2D eigenvalue weighted by atomic mass is 10.0. The van der Waals surface area contributed by atoms with Crippen molar-refractivity contribution in [3.8, 4) is 11.8 Å². The molecule has 1 fully saturated rings. The molecule has 0 aromatic rings. The number of hydrogen-bond acceptors (Lipinski definition) is 2. The van der Waals surface area contributed by atoms with Crippen molar-refractivity contribution in [1.82, 2.24) is 5.32 Å². The predicted molar refractivity (Wildman–Crippen MR) is 59.1 cm³/mol. The second-order valence-corrected chi connectivity index (χ2v) is 3.86. The summed E-state index contributed by atoms with van der Waals surface area (Å²) in [6.07, 6.45) is 4.06. The molecular weight excluding hydrogens is 174 g/mol. The van der Waals surface area contributed by atoms with Gasteiger partial charge in [-0.05, 0) is 33.2 Å². The third-order valence-corrected chi connectivity index (χ3v) is 2.68. The first-order valence-electron chi connectivity index (χ1n) is 5.56. The van der Waals surface area contributed by atoms with Crippen LogP contribution >= 0.6 is 0 Å². The lowest BCUT2D eigenvalue weighted by Gasteiger charge is -2.22. The lowest BCUT2D eigenvalue weighted by molar-refractivity contribution is 0.0334. The molecule has 1 N–H and O–H groups in total. The summed E-state index contributed by atoms with van der Waals surface area (Å²) in [6, 6.07) is 0.414. The maximum atomic E-state index is 5.84. The zero-order chi connectivity index (χ0) is 10.4. The van der Waals surface area contributed by atoms with Gasteiger partial charge in [0.2, 0.25) is 0 Å². The molecule has 1 aliphatic rings. The fraction of sp³-hybridized carbons (Fsp3) is 0.833. The smallest absolute Gasteiger partial charge is 0.0741 e. The summed E-state index contributed by atoms with van der Waals surface area (Å²) in [5.74, 6) is 6.08. The summed E-state index contributed by atoms with van der Waals surface area (Å²) < 4.78 is 5.84. The molecule has 0 amide bonds. The van der Waals surface area contributed by atoms with Crippen molar-refractivity contribution in [2.75, 3.05) is 6.54 Å². The minimum atomic E-state index is 0.366. The van der Waals surface area contributed by atoms with E-state index >= 15 is 0 Å². The third-order valence-electron chi connectivity index (χ3n) is 2.68. The first-order chi connectivity index (χ1) is 6.77. The highest BCUT2D eigenvalue weighted by Gasteiger charge is 2.28. The summed E-state index contributed by atoms with van der Waals surface area (Å²) in [4.78, 5) is 0. The van der Waals surface area contributed by atoms with E-state index in [0.29, 0.717) is 18.2 Å². The van der Waals surface area contributed by atoms with Gasteiger partial charge in [0.1, 0.15) is 0 Å². The largest absolute Gasteiger partial charge is 0.374 e. The van der Waals surface area contributed by atoms with E-state index in [-0.39, 0.29) is 0 Å². The molecule has 1 saturated heterocycles. The van der Waals surface area contributed by atoms with Crippen LogP contribution in [0.2, 0.25) is 0 Å². The summed E-state index contributed by atoms with van der Waals surface area (Å²) in [5.41, 5.74) is 0. The van der Waals surface area contributed by atoms with Crippen LogP contribution in [0.15, 0.2) is 0 Å². The first kappa shape index (κ1) is 11.6. The summed E-state index contributed by atoms with van der Waals surface area (Å²) >= 11 is 0. The second kappa shape index (κ2) is 6.06. The van der Waals surface area contributed by atoms with Gasteiger partial charge < -0.3 is 10.1 Å². The SMILES string of the molecule is CC#CCC(NCC)C1CCC(C)O1. The monoisotopic (exact) mass is 195 g/mol. The van der Waals surface area contributed by atoms with E-state index in [4.69, 9.17) is 4.74 Å². The van der Waals surface area contributed by atoms with Crippen molar-refractivity contribution >= 4 is 0 Å². The Bertz CT molecular complexity index is 216. The summed E-state index contributed by atoms with van der Waals surface area (Å²) in [7, 11) is 0. The molecule has 0 aromatic carbocycles. The normalized spacial score (nSPS) is 28.2. The van der Waals surface area contributed by atoms with E-state index in [2.05, 4.69) is 31.0 Å². The molecule has 0 saturated carbocycles. The number of rotatable bonds is 4. The van der Waals surface area contributed by atoms with Crippen LogP contribution in [0.5, 0.6) is 0 Å². The maximum Gasteiger partial charge on any atom is 0.0741 e. The van der Waals surface area contributed by atoms with Crippen LogP contribution < -0.4 is 5.32 Å². The van der Waals surface area contributed by atoms with Crippen molar-refractivity contribution in [1.29, 1.82) is 0 Å². The number of ether oxygens (including phenoxy) is 1. The van der Waals surface area contributed by atoms with Crippen molar-refractivity contribution < 1.29 is 4.74 Å². The molecule has 3 atom stereocenters. The van der Waals surface area contributed by atoms with Crippen LogP contribution in [0.1, 0.15) is 40.0 Å². The van der Waals surface area contributed by atoms with Crippen LogP contribution in [0.25, 0.3) is 0 Å². The molecule has 1 rings (SSSR count). The van der Waals surface area contributed by atoms with Crippen LogP contribution in [-0.2, 0) is 4.74 Å². The molecule has 80 valence electrons. The average Bonchev–Trinajstić information content (AvgIpc) is 2.59. The Hall–Kier alpha value is -0.520. The molecule has 1 aliphatic heterocycles. The molecular formula is C12H21NO. The molecule has 0 aliphatic carbocycles. The van der Waals surface area contributed by atoms with Crippen molar-refractivity contribution in [2.45, 2.75) is 58.3 Å². The van der Waals surface area contributed by atoms with Crippen LogP contribution in [0, 0.1) is 11.8 Å². The zero-order valence-electron chi connectivity index (χ0n) is 9.47. The quantitative estimate of drug-likeness (QED) is 0.692. The Labute approximate surface area is 87.4 Å². The van der Waals surface area contributed by atoms with Crippen molar-refractivity contribution in [2.24, 2.45) is 0 Å².